The molecule has 6 heteroatoms. The Kier molecular flexibility index (Phi) is 2.74. The molecule has 3 rings (SSSR count). The molecule has 0 atom stereocenters. The highest BCUT2D eigenvalue weighted by atomic mass is 79.9. The molecule has 0 spiro atoms. The number of hydrogen-bond acceptors (Lipinski definition) is 2. The van der Waals surface area contributed by atoms with Crippen LogP contribution < -0.4 is 5.73 Å². The van der Waals surface area contributed by atoms with Crippen LogP contribution in [0.2, 0.25) is 0 Å². The minimum atomic E-state index is -0.377. The number of rotatable bonds is 1. The number of benzene rings is 2. The molecule has 1 heterocycles. The van der Waals surface area contributed by atoms with Gasteiger partial charge in [-0.1, -0.05) is 0 Å². The van der Waals surface area contributed by atoms with Crippen LogP contribution in [-0.4, -0.2) is 9.55 Å². The van der Waals surface area contributed by atoms with Crippen LogP contribution in [0.1, 0.15) is 0 Å². The fourth-order valence-electron chi connectivity index (χ4n) is 1.97. The molecule has 0 saturated carbocycles. The van der Waals surface area contributed by atoms with E-state index in [-0.39, 0.29) is 17.6 Å². The Morgan fingerprint density at radius 3 is 2.63 bits per heavy atom. The molecule has 2 aromatic carbocycles. The van der Waals surface area contributed by atoms with E-state index in [0.29, 0.717) is 21.2 Å². The highest BCUT2D eigenvalue weighted by Gasteiger charge is 2.11. The molecule has 0 fully saturated rings. The predicted molar refractivity (Wildman–Crippen MR) is 73.1 cm³/mol. The van der Waals surface area contributed by atoms with Crippen LogP contribution in [0.25, 0.3) is 16.7 Å². The zero-order chi connectivity index (χ0) is 13.6. The molecule has 0 aliphatic rings. The summed E-state index contributed by atoms with van der Waals surface area (Å²) in [5.41, 5.74) is 7.62. The minimum Gasteiger partial charge on any atom is -0.369 e. The Morgan fingerprint density at radius 2 is 1.89 bits per heavy atom. The highest BCUT2D eigenvalue weighted by Crippen LogP contribution is 2.26. The summed E-state index contributed by atoms with van der Waals surface area (Å²) in [6.07, 6.45) is 0. The van der Waals surface area contributed by atoms with Gasteiger partial charge in [0.15, 0.2) is 0 Å². The van der Waals surface area contributed by atoms with Crippen molar-refractivity contribution in [3.63, 3.8) is 0 Å². The van der Waals surface area contributed by atoms with Gasteiger partial charge in [0.25, 0.3) is 0 Å². The predicted octanol–water partition coefficient (Wildman–Crippen LogP) is 3.65. The molecule has 0 bridgehead atoms. The van der Waals surface area contributed by atoms with Crippen LogP contribution in [0.5, 0.6) is 0 Å². The van der Waals surface area contributed by atoms with Crippen molar-refractivity contribution in [1.29, 1.82) is 0 Å². The second-order valence-corrected chi connectivity index (χ2v) is 4.89. The third-order valence-electron chi connectivity index (χ3n) is 2.80. The van der Waals surface area contributed by atoms with Gasteiger partial charge in [-0.15, -0.1) is 0 Å². The van der Waals surface area contributed by atoms with Crippen molar-refractivity contribution in [1.82, 2.24) is 9.55 Å². The maximum absolute atomic E-state index is 13.3. The lowest BCUT2D eigenvalue weighted by Crippen LogP contribution is -2.00. The molecule has 0 saturated heterocycles. The van der Waals surface area contributed by atoms with E-state index in [1.165, 1.54) is 18.2 Å². The molecule has 0 aliphatic carbocycles. The number of halogens is 3. The summed E-state index contributed by atoms with van der Waals surface area (Å²) in [6, 6.07) is 8.73. The summed E-state index contributed by atoms with van der Waals surface area (Å²) in [4.78, 5) is 4.09. The molecule has 2 N–H and O–H groups in total. The van der Waals surface area contributed by atoms with Crippen molar-refractivity contribution in [3.8, 4) is 5.69 Å². The van der Waals surface area contributed by atoms with Gasteiger partial charge in [0, 0.05) is 6.07 Å². The first kappa shape index (κ1) is 12.1. The molecule has 96 valence electrons. The van der Waals surface area contributed by atoms with Crippen molar-refractivity contribution in [2.24, 2.45) is 0 Å². The van der Waals surface area contributed by atoms with Crippen LogP contribution in [0.4, 0.5) is 14.7 Å². The summed E-state index contributed by atoms with van der Waals surface area (Å²) in [5.74, 6) is -0.519. The monoisotopic (exact) mass is 323 g/mol. The first-order valence-corrected chi connectivity index (χ1v) is 6.24. The highest BCUT2D eigenvalue weighted by molar-refractivity contribution is 9.10. The Hall–Kier alpha value is -1.95. The Morgan fingerprint density at radius 1 is 1.11 bits per heavy atom. The van der Waals surface area contributed by atoms with Gasteiger partial charge in [-0.25, -0.2) is 13.8 Å². The largest absolute Gasteiger partial charge is 0.369 e. The number of imidazole rings is 1. The summed E-state index contributed by atoms with van der Waals surface area (Å²) in [7, 11) is 0. The smallest absolute Gasteiger partial charge is 0.205 e. The van der Waals surface area contributed by atoms with E-state index in [1.807, 2.05) is 0 Å². The van der Waals surface area contributed by atoms with Gasteiger partial charge >= 0.3 is 0 Å². The van der Waals surface area contributed by atoms with Gasteiger partial charge in [-0.2, -0.15) is 0 Å². The number of hydrogen-bond donors (Lipinski definition) is 1. The summed E-state index contributed by atoms with van der Waals surface area (Å²) >= 11 is 3.12. The minimum absolute atomic E-state index is 0.221. The van der Waals surface area contributed by atoms with Crippen molar-refractivity contribution < 1.29 is 8.78 Å². The van der Waals surface area contributed by atoms with E-state index in [9.17, 15) is 8.78 Å². The van der Waals surface area contributed by atoms with Gasteiger partial charge in [0.05, 0.1) is 21.2 Å². The van der Waals surface area contributed by atoms with Crippen molar-refractivity contribution >= 4 is 32.9 Å². The number of fused-ring (bicyclic) bond motifs is 1. The molecular weight excluding hydrogens is 316 g/mol. The van der Waals surface area contributed by atoms with Gasteiger partial charge in [-0.3, -0.25) is 4.57 Å². The van der Waals surface area contributed by atoms with Gasteiger partial charge < -0.3 is 5.73 Å². The maximum Gasteiger partial charge on any atom is 0.205 e. The zero-order valence-corrected chi connectivity index (χ0v) is 11.2. The first-order chi connectivity index (χ1) is 9.06. The third kappa shape index (κ3) is 1.98. The van der Waals surface area contributed by atoms with Crippen molar-refractivity contribution in [2.45, 2.75) is 0 Å². The summed E-state index contributed by atoms with van der Waals surface area (Å²) in [6.45, 7) is 0. The van der Waals surface area contributed by atoms with E-state index >= 15 is 0 Å². The third-order valence-corrected chi connectivity index (χ3v) is 3.41. The summed E-state index contributed by atoms with van der Waals surface area (Å²) < 4.78 is 28.4. The van der Waals surface area contributed by atoms with Gasteiger partial charge in [-0.05, 0) is 46.3 Å². The lowest BCUT2D eigenvalue weighted by Gasteiger charge is -2.07. The number of nitrogens with zero attached hydrogens (tertiary/aromatic N) is 2. The lowest BCUT2D eigenvalue weighted by atomic mass is 10.2. The fraction of sp³-hybridized carbons (Fsp3) is 0. The maximum atomic E-state index is 13.3. The topological polar surface area (TPSA) is 43.8 Å². The van der Waals surface area contributed by atoms with E-state index in [4.69, 9.17) is 5.73 Å². The van der Waals surface area contributed by atoms with E-state index in [1.54, 1.807) is 22.8 Å². The van der Waals surface area contributed by atoms with Crippen LogP contribution in [0.15, 0.2) is 40.9 Å². The Labute approximate surface area is 115 Å². The quantitative estimate of drug-likeness (QED) is 0.742. The van der Waals surface area contributed by atoms with Gasteiger partial charge in [0.2, 0.25) is 5.95 Å². The van der Waals surface area contributed by atoms with Crippen molar-refractivity contribution in [2.75, 3.05) is 5.73 Å². The van der Waals surface area contributed by atoms with Gasteiger partial charge in [0.1, 0.15) is 11.6 Å². The fourth-order valence-corrected chi connectivity index (χ4v) is 2.33. The Balaban J connectivity index is 2.29. The van der Waals surface area contributed by atoms with Crippen molar-refractivity contribution in [3.05, 3.63) is 52.5 Å². The molecule has 3 nitrogen and oxygen atoms in total. The summed E-state index contributed by atoms with van der Waals surface area (Å²) in [5, 5.41) is 0. The average molecular weight is 324 g/mol. The van der Waals surface area contributed by atoms with Crippen LogP contribution in [0, 0.1) is 11.6 Å². The number of aromatic nitrogens is 2. The van der Waals surface area contributed by atoms with E-state index in [2.05, 4.69) is 20.9 Å². The molecule has 19 heavy (non-hydrogen) atoms. The van der Waals surface area contributed by atoms with Crippen LogP contribution >= 0.6 is 15.9 Å². The molecule has 0 radical (unpaired) electrons. The van der Waals surface area contributed by atoms with E-state index in [0.717, 1.165) is 0 Å². The average Bonchev–Trinajstić information content (AvgIpc) is 2.68. The molecule has 1 aromatic heterocycles. The second kappa shape index (κ2) is 4.31. The number of anilines is 1. The zero-order valence-electron chi connectivity index (χ0n) is 9.57. The second-order valence-electron chi connectivity index (χ2n) is 4.04. The normalized spacial score (nSPS) is 11.1. The lowest BCUT2D eigenvalue weighted by molar-refractivity contribution is 0.620. The SMILES string of the molecule is Nc1nc2cc(F)ccc2n1-c1ccc(F)c(Br)c1. The number of nitrogens with two attached hydrogens (primary N) is 1. The van der Waals surface area contributed by atoms with Crippen LogP contribution in [-0.2, 0) is 0 Å². The molecular formula is C13H8BrF2N3. The van der Waals surface area contributed by atoms with Crippen LogP contribution in [0.3, 0.4) is 0 Å². The molecule has 0 aliphatic heterocycles. The molecule has 0 amide bonds. The first-order valence-electron chi connectivity index (χ1n) is 5.45. The van der Waals surface area contributed by atoms with E-state index < -0.39 is 0 Å². The Bertz CT molecular complexity index is 783. The number of nitrogen functional groups attached to an aromatic ring is 1. The standard InChI is InChI=1S/C13H8BrF2N3/c14-9-6-8(2-3-10(9)16)19-12-4-1-7(15)5-11(12)18-13(19)17/h1-6H,(H2,17,18). The molecule has 3 aromatic rings. The molecule has 0 unspecified atom stereocenters.